The van der Waals surface area contributed by atoms with Gasteiger partial charge >= 0.3 is 0 Å². The van der Waals surface area contributed by atoms with Gasteiger partial charge in [-0.15, -0.1) is 0 Å². The van der Waals surface area contributed by atoms with E-state index in [0.29, 0.717) is 5.92 Å². The van der Waals surface area contributed by atoms with Crippen molar-refractivity contribution in [3.05, 3.63) is 11.6 Å². The third-order valence-corrected chi connectivity index (χ3v) is 5.38. The number of hydrogen-bond donors (Lipinski definition) is 0. The van der Waals surface area contributed by atoms with E-state index < -0.39 is 0 Å². The van der Waals surface area contributed by atoms with E-state index in [9.17, 15) is 5.26 Å². The lowest BCUT2D eigenvalue weighted by atomic mass is 9.49. The fourth-order valence-corrected chi connectivity index (χ4v) is 5.15. The molecule has 92 valence electrons. The second-order valence-corrected chi connectivity index (χ2v) is 6.91. The molecule has 0 aromatic heterocycles. The van der Waals surface area contributed by atoms with Gasteiger partial charge in [0.05, 0.1) is 12.0 Å². The Balaban J connectivity index is 1.84. The lowest BCUT2D eigenvalue weighted by molar-refractivity contribution is -0.0456. The van der Waals surface area contributed by atoms with Crippen LogP contribution < -0.4 is 0 Å². The van der Waals surface area contributed by atoms with Gasteiger partial charge in [0, 0.05) is 0 Å². The minimum absolute atomic E-state index is 0.190. The van der Waals surface area contributed by atoms with Crippen molar-refractivity contribution in [3.63, 3.8) is 0 Å². The van der Waals surface area contributed by atoms with E-state index in [-0.39, 0.29) is 5.92 Å². The normalized spacial score (nSPS) is 44.2. The minimum Gasteiger partial charge on any atom is -0.198 e. The molecule has 4 rings (SSSR count). The molecule has 1 atom stereocenters. The van der Waals surface area contributed by atoms with E-state index in [1.165, 1.54) is 37.7 Å². The monoisotopic (exact) mass is 229 g/mol. The van der Waals surface area contributed by atoms with E-state index >= 15 is 0 Å². The molecule has 0 aromatic rings. The van der Waals surface area contributed by atoms with Crippen LogP contribution in [0.1, 0.15) is 46.0 Å². The van der Waals surface area contributed by atoms with Gasteiger partial charge in [0.15, 0.2) is 0 Å². The highest BCUT2D eigenvalue weighted by Gasteiger charge is 2.50. The Hall–Kier alpha value is -0.770. The van der Waals surface area contributed by atoms with Gasteiger partial charge in [-0.05, 0) is 75.5 Å². The molecule has 0 radical (unpaired) electrons. The third-order valence-electron chi connectivity index (χ3n) is 5.38. The average molecular weight is 229 g/mol. The van der Waals surface area contributed by atoms with Gasteiger partial charge in [0.2, 0.25) is 0 Å². The lowest BCUT2D eigenvalue weighted by Crippen LogP contribution is -2.47. The van der Waals surface area contributed by atoms with Crippen molar-refractivity contribution in [2.75, 3.05) is 0 Å². The molecule has 0 amide bonds. The van der Waals surface area contributed by atoms with Crippen LogP contribution in [0.5, 0.6) is 0 Å². The maximum Gasteiger partial charge on any atom is 0.0700 e. The molecule has 0 aliphatic heterocycles. The molecule has 0 spiro atoms. The van der Waals surface area contributed by atoms with Gasteiger partial charge in [-0.25, -0.2) is 0 Å². The Kier molecular flexibility index (Phi) is 2.77. The largest absolute Gasteiger partial charge is 0.198 e. The van der Waals surface area contributed by atoms with Crippen LogP contribution in [0.2, 0.25) is 0 Å². The summed E-state index contributed by atoms with van der Waals surface area (Å²) >= 11 is 0. The molecule has 17 heavy (non-hydrogen) atoms. The summed E-state index contributed by atoms with van der Waals surface area (Å²) in [6, 6.07) is 2.58. The van der Waals surface area contributed by atoms with Gasteiger partial charge in [-0.3, -0.25) is 0 Å². The lowest BCUT2D eigenvalue weighted by Gasteiger charge is -2.55. The van der Waals surface area contributed by atoms with Crippen LogP contribution in [0.3, 0.4) is 0 Å². The molecule has 1 heteroatoms. The van der Waals surface area contributed by atoms with E-state index in [1.807, 2.05) is 0 Å². The second kappa shape index (κ2) is 4.16. The van der Waals surface area contributed by atoms with Crippen molar-refractivity contribution in [1.82, 2.24) is 0 Å². The van der Waals surface area contributed by atoms with E-state index in [0.717, 1.165) is 23.7 Å². The van der Waals surface area contributed by atoms with Crippen LogP contribution in [0, 0.1) is 46.8 Å². The third kappa shape index (κ3) is 1.92. The van der Waals surface area contributed by atoms with Crippen molar-refractivity contribution in [2.24, 2.45) is 35.5 Å². The Bertz CT molecular complexity index is 341. The Morgan fingerprint density at radius 2 is 1.59 bits per heavy atom. The molecule has 4 bridgehead atoms. The van der Waals surface area contributed by atoms with Crippen molar-refractivity contribution >= 4 is 0 Å². The molecular formula is C16H23N. The van der Waals surface area contributed by atoms with Crippen LogP contribution >= 0.6 is 0 Å². The zero-order chi connectivity index (χ0) is 12.0. The zero-order valence-corrected chi connectivity index (χ0v) is 11.0. The van der Waals surface area contributed by atoms with Crippen molar-refractivity contribution in [3.8, 4) is 6.07 Å². The fourth-order valence-electron chi connectivity index (χ4n) is 5.15. The highest BCUT2D eigenvalue weighted by Crippen LogP contribution is 2.58. The molecule has 4 fully saturated rings. The summed E-state index contributed by atoms with van der Waals surface area (Å²) in [6.07, 6.45) is 9.42. The maximum atomic E-state index is 9.46. The van der Waals surface area contributed by atoms with Gasteiger partial charge in [0.25, 0.3) is 0 Å². The predicted molar refractivity (Wildman–Crippen MR) is 69.1 cm³/mol. The van der Waals surface area contributed by atoms with Gasteiger partial charge in [0.1, 0.15) is 0 Å². The van der Waals surface area contributed by atoms with Crippen molar-refractivity contribution in [1.29, 1.82) is 5.26 Å². The molecule has 4 saturated carbocycles. The summed E-state index contributed by atoms with van der Waals surface area (Å²) in [5.74, 6) is 4.63. The molecule has 0 heterocycles. The van der Waals surface area contributed by atoms with E-state index in [4.69, 9.17) is 0 Å². The van der Waals surface area contributed by atoms with Crippen LogP contribution in [0.15, 0.2) is 11.6 Å². The minimum atomic E-state index is 0.190. The van der Waals surface area contributed by atoms with Gasteiger partial charge in [-0.1, -0.05) is 11.6 Å². The molecular weight excluding hydrogens is 206 g/mol. The van der Waals surface area contributed by atoms with Crippen molar-refractivity contribution < 1.29 is 0 Å². The first-order chi connectivity index (χ1) is 8.17. The molecule has 0 N–H and O–H groups in total. The first-order valence-electron chi connectivity index (χ1n) is 7.22. The highest BCUT2D eigenvalue weighted by atomic mass is 14.5. The summed E-state index contributed by atoms with van der Waals surface area (Å²) in [6.45, 7) is 4.25. The summed E-state index contributed by atoms with van der Waals surface area (Å²) in [7, 11) is 0. The van der Waals surface area contributed by atoms with Crippen LogP contribution in [-0.4, -0.2) is 0 Å². The second-order valence-electron chi connectivity index (χ2n) is 6.91. The predicted octanol–water partition coefficient (Wildman–Crippen LogP) is 4.16. The zero-order valence-electron chi connectivity index (χ0n) is 11.0. The first-order valence-corrected chi connectivity index (χ1v) is 7.22. The standard InChI is InChI=1S/C16H23N/c1-10(2)3-15(9-17)16-13-5-11-4-12(7-13)8-14(16)6-11/h3,11-16H,4-8H2,1-2H3. The molecule has 4 aliphatic carbocycles. The SMILES string of the molecule is CC(C)=CC(C#N)C1C2CC3CC(C2)CC1C3. The van der Waals surface area contributed by atoms with Crippen molar-refractivity contribution in [2.45, 2.75) is 46.0 Å². The summed E-state index contributed by atoms with van der Waals surface area (Å²) in [4.78, 5) is 0. The summed E-state index contributed by atoms with van der Waals surface area (Å²) in [5.41, 5.74) is 1.31. The summed E-state index contributed by atoms with van der Waals surface area (Å²) in [5, 5.41) is 9.46. The van der Waals surface area contributed by atoms with Crippen LogP contribution in [-0.2, 0) is 0 Å². The number of hydrogen-bond acceptors (Lipinski definition) is 1. The number of nitrogens with zero attached hydrogens (tertiary/aromatic N) is 1. The van der Waals surface area contributed by atoms with E-state index in [1.54, 1.807) is 0 Å². The topological polar surface area (TPSA) is 23.8 Å². The van der Waals surface area contributed by atoms with Gasteiger partial charge in [-0.2, -0.15) is 5.26 Å². The fraction of sp³-hybridized carbons (Fsp3) is 0.812. The molecule has 0 saturated heterocycles. The number of rotatable bonds is 2. The number of allylic oxidation sites excluding steroid dienone is 2. The Labute approximate surface area is 105 Å². The highest BCUT2D eigenvalue weighted by molar-refractivity contribution is 5.12. The Morgan fingerprint density at radius 3 is 2.00 bits per heavy atom. The molecule has 1 unspecified atom stereocenters. The van der Waals surface area contributed by atoms with Crippen LogP contribution in [0.25, 0.3) is 0 Å². The number of nitriles is 1. The van der Waals surface area contributed by atoms with E-state index in [2.05, 4.69) is 26.0 Å². The quantitative estimate of drug-likeness (QED) is 0.652. The van der Waals surface area contributed by atoms with Gasteiger partial charge < -0.3 is 0 Å². The Morgan fingerprint density at radius 1 is 1.06 bits per heavy atom. The smallest absolute Gasteiger partial charge is 0.0700 e. The molecule has 0 aromatic carbocycles. The van der Waals surface area contributed by atoms with Crippen LogP contribution in [0.4, 0.5) is 0 Å². The molecule has 1 nitrogen and oxygen atoms in total. The summed E-state index contributed by atoms with van der Waals surface area (Å²) < 4.78 is 0. The first kappa shape index (κ1) is 11.3. The molecule has 4 aliphatic rings. The average Bonchev–Trinajstić information content (AvgIpc) is 2.25. The maximum absolute atomic E-state index is 9.46.